The average Bonchev–Trinajstić information content (AvgIpc) is 3.38. The number of benzene rings is 1. The number of carbonyl (C=O) groups excluding carboxylic acids is 2. The lowest BCUT2D eigenvalue weighted by Gasteiger charge is -2.40. The number of rotatable bonds is 5. The van der Waals surface area contributed by atoms with Gasteiger partial charge in [-0.1, -0.05) is 6.08 Å². The molecular formula is C24H24F3N3O3. The van der Waals surface area contributed by atoms with Gasteiger partial charge in [0, 0.05) is 43.2 Å². The maximum Gasteiger partial charge on any atom is 0.416 e. The lowest BCUT2D eigenvalue weighted by Crippen LogP contribution is -2.55. The van der Waals surface area contributed by atoms with Gasteiger partial charge in [0.15, 0.2) is 0 Å². The highest BCUT2D eigenvalue weighted by Gasteiger charge is 2.33. The van der Waals surface area contributed by atoms with Crippen molar-refractivity contribution >= 4 is 22.9 Å². The minimum absolute atomic E-state index is 0.154. The highest BCUT2D eigenvalue weighted by atomic mass is 19.4. The molecule has 1 aliphatic rings. The van der Waals surface area contributed by atoms with Crippen LogP contribution >= 0.6 is 0 Å². The molecule has 1 aromatic carbocycles. The second-order valence-electron chi connectivity index (χ2n) is 8.11. The van der Waals surface area contributed by atoms with E-state index >= 15 is 0 Å². The van der Waals surface area contributed by atoms with E-state index in [1.165, 1.54) is 12.1 Å². The van der Waals surface area contributed by atoms with Crippen LogP contribution in [0.5, 0.6) is 0 Å². The summed E-state index contributed by atoms with van der Waals surface area (Å²) in [4.78, 5) is 29.5. The molecule has 1 atom stereocenters. The van der Waals surface area contributed by atoms with Crippen LogP contribution in [-0.4, -0.2) is 51.9 Å². The van der Waals surface area contributed by atoms with Gasteiger partial charge in [-0.25, -0.2) is 0 Å². The average molecular weight is 459 g/mol. The summed E-state index contributed by atoms with van der Waals surface area (Å²) < 4.78 is 45.8. The van der Waals surface area contributed by atoms with Crippen LogP contribution in [0, 0.1) is 0 Å². The van der Waals surface area contributed by atoms with E-state index in [0.29, 0.717) is 37.5 Å². The first-order valence-electron chi connectivity index (χ1n) is 10.7. The predicted molar refractivity (Wildman–Crippen MR) is 117 cm³/mol. The van der Waals surface area contributed by atoms with Crippen LogP contribution in [0.4, 0.5) is 13.2 Å². The van der Waals surface area contributed by atoms with Gasteiger partial charge in [-0.2, -0.15) is 13.2 Å². The van der Waals surface area contributed by atoms with Gasteiger partial charge in [-0.05, 0) is 49.7 Å². The van der Waals surface area contributed by atoms with E-state index in [2.05, 4.69) is 6.58 Å². The molecule has 2 aromatic heterocycles. The van der Waals surface area contributed by atoms with Gasteiger partial charge in [-0.15, -0.1) is 6.58 Å². The Kier molecular flexibility index (Phi) is 6.05. The van der Waals surface area contributed by atoms with Crippen LogP contribution < -0.4 is 0 Å². The van der Waals surface area contributed by atoms with E-state index in [0.717, 1.165) is 17.5 Å². The molecule has 0 spiro atoms. The Morgan fingerprint density at radius 1 is 1.15 bits per heavy atom. The minimum Gasteiger partial charge on any atom is -0.448 e. The van der Waals surface area contributed by atoms with Gasteiger partial charge in [0.25, 0.3) is 11.8 Å². The molecule has 2 amide bonds. The Morgan fingerprint density at radius 2 is 1.88 bits per heavy atom. The summed E-state index contributed by atoms with van der Waals surface area (Å²) in [6.07, 6.45) is -0.421. The van der Waals surface area contributed by atoms with Gasteiger partial charge < -0.3 is 18.8 Å². The molecule has 1 fully saturated rings. The van der Waals surface area contributed by atoms with Crippen molar-refractivity contribution in [3.63, 3.8) is 0 Å². The van der Waals surface area contributed by atoms with Crippen LogP contribution in [0.1, 0.15) is 39.8 Å². The van der Waals surface area contributed by atoms with Crippen LogP contribution in [0.15, 0.2) is 59.7 Å². The number of aromatic nitrogens is 1. The predicted octanol–water partition coefficient (Wildman–Crippen LogP) is 4.82. The molecule has 6 nitrogen and oxygen atoms in total. The summed E-state index contributed by atoms with van der Waals surface area (Å²) in [6.45, 7) is 7.05. The van der Waals surface area contributed by atoms with E-state index in [1.807, 2.05) is 11.5 Å². The summed E-state index contributed by atoms with van der Waals surface area (Å²) in [5.41, 5.74) is 0.534. The van der Waals surface area contributed by atoms with Crippen molar-refractivity contribution in [1.82, 2.24) is 14.4 Å². The number of carbonyl (C=O) groups is 2. The maximum absolute atomic E-state index is 13.3. The van der Waals surface area contributed by atoms with Crippen LogP contribution in [0.3, 0.4) is 0 Å². The molecule has 174 valence electrons. The van der Waals surface area contributed by atoms with Crippen molar-refractivity contribution in [2.45, 2.75) is 32.1 Å². The molecule has 0 aliphatic carbocycles. The van der Waals surface area contributed by atoms with E-state index < -0.39 is 11.7 Å². The Morgan fingerprint density at radius 3 is 2.52 bits per heavy atom. The first-order valence-corrected chi connectivity index (χ1v) is 10.7. The molecule has 1 saturated heterocycles. The lowest BCUT2D eigenvalue weighted by molar-refractivity contribution is -0.137. The van der Waals surface area contributed by atoms with E-state index in [9.17, 15) is 22.8 Å². The summed E-state index contributed by atoms with van der Waals surface area (Å²) in [7, 11) is 0. The number of amides is 2. The lowest BCUT2D eigenvalue weighted by atomic mass is 10.1. The number of aryl methyl sites for hydroxylation is 1. The van der Waals surface area contributed by atoms with Crippen LogP contribution in [0.2, 0.25) is 0 Å². The van der Waals surface area contributed by atoms with Gasteiger partial charge >= 0.3 is 6.18 Å². The molecule has 33 heavy (non-hydrogen) atoms. The first-order chi connectivity index (χ1) is 15.7. The Balaban J connectivity index is 1.48. The second kappa shape index (κ2) is 8.80. The monoisotopic (exact) mass is 459 g/mol. The molecule has 0 bridgehead atoms. The van der Waals surface area contributed by atoms with E-state index in [4.69, 9.17) is 4.42 Å². The number of furan rings is 1. The number of halogens is 3. The molecule has 3 aromatic rings. The number of hydrogen-bond donors (Lipinski definition) is 0. The molecule has 4 rings (SSSR count). The van der Waals surface area contributed by atoms with Gasteiger partial charge in [-0.3, -0.25) is 9.59 Å². The standard InChI is InChI=1S/C24H24F3N3O3/c1-3-4-10-30-20(14-18-9-13-33-23(18)30)22(32)28-11-12-29(16(2)15-28)21(31)17-5-7-19(8-6-17)24(25,26)27/h3,5-9,13-14,16H,1,4,10-12,15H2,2H3/t16-/m1/s1. The molecular weight excluding hydrogens is 435 g/mol. The third-order valence-corrected chi connectivity index (χ3v) is 5.91. The summed E-state index contributed by atoms with van der Waals surface area (Å²) in [6, 6.07) is 7.51. The molecule has 9 heteroatoms. The summed E-state index contributed by atoms with van der Waals surface area (Å²) in [5.74, 6) is -0.505. The van der Waals surface area contributed by atoms with Gasteiger partial charge in [0.2, 0.25) is 5.71 Å². The second-order valence-corrected chi connectivity index (χ2v) is 8.11. The Bertz CT molecular complexity index is 1180. The number of fused-ring (bicyclic) bond motifs is 1. The molecule has 0 saturated carbocycles. The number of allylic oxidation sites excluding steroid dienone is 1. The SMILES string of the molecule is C=CCCn1c(C(=O)N2CCN(C(=O)c3ccc(C(F)(F)F)cc3)[C@H](C)C2)cc2ccoc21. The molecule has 1 aliphatic heterocycles. The molecule has 3 heterocycles. The highest BCUT2D eigenvalue weighted by molar-refractivity contribution is 5.98. The highest BCUT2D eigenvalue weighted by Crippen LogP contribution is 2.29. The van der Waals surface area contributed by atoms with Crippen molar-refractivity contribution in [2.75, 3.05) is 19.6 Å². The fraction of sp³-hybridized carbons (Fsp3) is 0.333. The number of nitrogens with zero attached hydrogens (tertiary/aromatic N) is 3. The van der Waals surface area contributed by atoms with Crippen molar-refractivity contribution in [3.05, 3.63) is 72.1 Å². The topological polar surface area (TPSA) is 58.7 Å². The largest absolute Gasteiger partial charge is 0.448 e. The zero-order valence-electron chi connectivity index (χ0n) is 18.1. The summed E-state index contributed by atoms with van der Waals surface area (Å²) >= 11 is 0. The maximum atomic E-state index is 13.3. The zero-order valence-corrected chi connectivity index (χ0v) is 18.1. The Labute approximate surface area is 188 Å². The van der Waals surface area contributed by atoms with Crippen molar-refractivity contribution in [2.24, 2.45) is 0 Å². The summed E-state index contributed by atoms with van der Waals surface area (Å²) in [5, 5.41) is 0.839. The number of piperazine rings is 1. The fourth-order valence-corrected chi connectivity index (χ4v) is 4.17. The first kappa shape index (κ1) is 22.7. The van der Waals surface area contributed by atoms with Gasteiger partial charge in [0.05, 0.1) is 11.8 Å². The quantitative estimate of drug-likeness (QED) is 0.515. The normalized spacial score (nSPS) is 16.9. The minimum atomic E-state index is -4.45. The van der Waals surface area contributed by atoms with Crippen molar-refractivity contribution in [3.8, 4) is 0 Å². The van der Waals surface area contributed by atoms with Crippen molar-refractivity contribution in [1.29, 1.82) is 0 Å². The number of alkyl halides is 3. The molecule has 0 N–H and O–H groups in total. The van der Waals surface area contributed by atoms with E-state index in [1.54, 1.807) is 34.3 Å². The third kappa shape index (κ3) is 4.40. The molecule has 0 unspecified atom stereocenters. The van der Waals surface area contributed by atoms with Crippen LogP contribution in [0.25, 0.3) is 11.1 Å². The molecule has 0 radical (unpaired) electrons. The fourth-order valence-electron chi connectivity index (χ4n) is 4.17. The van der Waals surface area contributed by atoms with Gasteiger partial charge in [0.1, 0.15) is 5.69 Å². The number of hydrogen-bond acceptors (Lipinski definition) is 3. The third-order valence-electron chi connectivity index (χ3n) is 5.91. The van der Waals surface area contributed by atoms with Crippen LogP contribution in [-0.2, 0) is 12.7 Å². The smallest absolute Gasteiger partial charge is 0.416 e. The zero-order chi connectivity index (χ0) is 23.8. The Hall–Kier alpha value is -3.49. The van der Waals surface area contributed by atoms with Crippen molar-refractivity contribution < 1.29 is 27.2 Å². The van der Waals surface area contributed by atoms with E-state index in [-0.39, 0.29) is 30.0 Å².